The average Bonchev–Trinajstić information content (AvgIpc) is 3.69. The minimum Gasteiger partial charge on any atom is -0.336 e. The van der Waals surface area contributed by atoms with Gasteiger partial charge in [-0.25, -0.2) is 13.1 Å². The normalized spacial score (nSPS) is 23.8. The number of nitrogens with one attached hydrogen (secondary N) is 1. The van der Waals surface area contributed by atoms with E-state index in [4.69, 9.17) is 11.6 Å². The molecule has 2 atom stereocenters. The van der Waals surface area contributed by atoms with Crippen molar-refractivity contribution >= 4 is 33.3 Å². The predicted molar refractivity (Wildman–Crippen MR) is 121 cm³/mol. The number of rotatable bonds is 6. The molecule has 2 saturated carbocycles. The number of alkyl halides is 3. The molecule has 2 aliphatic carbocycles. The largest absolute Gasteiger partial charge is 0.403 e. The molecule has 15 heteroatoms. The Balaban J connectivity index is 1.46. The molecule has 1 saturated heterocycles. The standard InChI is InChI=1S/C22H20ClF3N6O4S/c23-15-9-13(32-8-7-28-30-32)1-2-17(15)37(35,36)14-10-16(18(33)29-20(12-27)3-4-20)31(11-14)19(34)21(5-6-21)22(24,25)26/h1-2,7-9,14,16H,3-6,10-11H2,(H,29,33)/t14-,16+/m1/s1. The Hall–Kier alpha value is -3.18. The van der Waals surface area contributed by atoms with Gasteiger partial charge in [0.25, 0.3) is 0 Å². The molecule has 1 N–H and O–H groups in total. The van der Waals surface area contributed by atoms with Gasteiger partial charge in [0.2, 0.25) is 11.8 Å². The molecule has 37 heavy (non-hydrogen) atoms. The van der Waals surface area contributed by atoms with Gasteiger partial charge in [0.15, 0.2) is 9.84 Å². The molecule has 0 bridgehead atoms. The van der Waals surface area contributed by atoms with Crippen molar-refractivity contribution in [3.8, 4) is 11.8 Å². The molecule has 5 rings (SSSR count). The van der Waals surface area contributed by atoms with E-state index in [2.05, 4.69) is 15.6 Å². The zero-order valence-corrected chi connectivity index (χ0v) is 20.6. The van der Waals surface area contributed by atoms with Gasteiger partial charge in [-0.2, -0.15) is 18.4 Å². The molecule has 0 spiro atoms. The number of benzene rings is 1. The Labute approximate surface area is 214 Å². The maximum Gasteiger partial charge on any atom is 0.403 e. The van der Waals surface area contributed by atoms with E-state index >= 15 is 0 Å². The Morgan fingerprint density at radius 1 is 1.22 bits per heavy atom. The number of carbonyl (C=O) groups excluding carboxylic acids is 2. The lowest BCUT2D eigenvalue weighted by Crippen LogP contribution is -2.53. The molecule has 1 aliphatic heterocycles. The third-order valence-electron chi connectivity index (χ3n) is 7.20. The second kappa shape index (κ2) is 8.42. The molecular formula is C22H20ClF3N6O4S. The SMILES string of the molecule is N#CC1(NC(=O)[C@@H]2C[C@@H](S(=O)(=O)c3ccc(-n4ccnn4)cc3Cl)CN2C(=O)C2(C(F)(F)F)CC2)CC1. The number of hydrogen-bond acceptors (Lipinski definition) is 7. The molecule has 1 aromatic carbocycles. The minimum atomic E-state index is -4.84. The van der Waals surface area contributed by atoms with Crippen LogP contribution in [-0.2, 0) is 19.4 Å². The van der Waals surface area contributed by atoms with E-state index in [1.165, 1.54) is 35.3 Å². The highest BCUT2D eigenvalue weighted by atomic mass is 35.5. The molecule has 196 valence electrons. The summed E-state index contributed by atoms with van der Waals surface area (Å²) in [5, 5.41) is 17.7. The Kier molecular flexibility index (Phi) is 5.80. The first-order chi connectivity index (χ1) is 17.3. The molecule has 2 heterocycles. The maximum absolute atomic E-state index is 13.7. The van der Waals surface area contributed by atoms with Crippen LogP contribution in [0.1, 0.15) is 32.1 Å². The fourth-order valence-corrected chi connectivity index (χ4v) is 6.85. The van der Waals surface area contributed by atoms with E-state index < -0.39 is 75.9 Å². The summed E-state index contributed by atoms with van der Waals surface area (Å²) in [5.74, 6) is -2.18. The highest BCUT2D eigenvalue weighted by Crippen LogP contribution is 2.59. The molecule has 3 aliphatic rings. The smallest absolute Gasteiger partial charge is 0.336 e. The number of likely N-dealkylation sites (tertiary alicyclic amines) is 1. The number of hydrogen-bond donors (Lipinski definition) is 1. The quantitative estimate of drug-likeness (QED) is 0.575. The fraction of sp³-hybridized carbons (Fsp3) is 0.500. The second-order valence-electron chi connectivity index (χ2n) is 9.60. The summed E-state index contributed by atoms with van der Waals surface area (Å²) in [6.07, 6.45) is -2.49. The molecule has 0 unspecified atom stereocenters. The number of aromatic nitrogens is 3. The molecule has 10 nitrogen and oxygen atoms in total. The Bertz CT molecular complexity index is 1410. The molecule has 2 aromatic rings. The summed E-state index contributed by atoms with van der Waals surface area (Å²) in [6, 6.07) is 4.48. The van der Waals surface area contributed by atoms with Crippen molar-refractivity contribution in [2.24, 2.45) is 5.41 Å². The number of amides is 2. The van der Waals surface area contributed by atoms with Crippen molar-refractivity contribution in [1.82, 2.24) is 25.2 Å². The van der Waals surface area contributed by atoms with E-state index in [1.807, 2.05) is 6.07 Å². The van der Waals surface area contributed by atoms with Crippen molar-refractivity contribution < 1.29 is 31.2 Å². The number of halogens is 4. The molecule has 0 radical (unpaired) electrons. The van der Waals surface area contributed by atoms with E-state index in [-0.39, 0.29) is 9.92 Å². The summed E-state index contributed by atoms with van der Waals surface area (Å²) in [5.41, 5.74) is -3.35. The average molecular weight is 557 g/mol. The summed E-state index contributed by atoms with van der Waals surface area (Å²) in [6.45, 7) is -0.613. The highest BCUT2D eigenvalue weighted by molar-refractivity contribution is 7.92. The first-order valence-electron chi connectivity index (χ1n) is 11.3. The molecular weight excluding hydrogens is 537 g/mol. The van der Waals surface area contributed by atoms with Gasteiger partial charge in [-0.1, -0.05) is 16.8 Å². The van der Waals surface area contributed by atoms with Crippen molar-refractivity contribution in [2.45, 2.75) is 60.0 Å². The lowest BCUT2D eigenvalue weighted by molar-refractivity contribution is -0.199. The molecule has 1 aromatic heterocycles. The van der Waals surface area contributed by atoms with Crippen LogP contribution in [0.15, 0.2) is 35.5 Å². The van der Waals surface area contributed by atoms with Gasteiger partial charge in [0.1, 0.15) is 17.0 Å². The van der Waals surface area contributed by atoms with E-state index in [9.17, 15) is 36.4 Å². The van der Waals surface area contributed by atoms with Crippen molar-refractivity contribution in [3.63, 3.8) is 0 Å². The lowest BCUT2D eigenvalue weighted by atomic mass is 10.0. The first-order valence-corrected chi connectivity index (χ1v) is 13.3. The number of carbonyl (C=O) groups is 2. The topological polar surface area (TPSA) is 138 Å². The van der Waals surface area contributed by atoms with Gasteiger partial charge < -0.3 is 10.2 Å². The number of nitriles is 1. The monoisotopic (exact) mass is 556 g/mol. The van der Waals surface area contributed by atoms with Crippen LogP contribution in [-0.4, -0.2) is 69.7 Å². The molecule has 3 fully saturated rings. The number of sulfone groups is 1. The third kappa shape index (κ3) is 4.23. The highest BCUT2D eigenvalue weighted by Gasteiger charge is 2.70. The van der Waals surface area contributed by atoms with Gasteiger partial charge in [-0.3, -0.25) is 9.59 Å². The third-order valence-corrected chi connectivity index (χ3v) is 9.82. The maximum atomic E-state index is 13.7. The van der Waals surface area contributed by atoms with Gasteiger partial charge in [-0.15, -0.1) is 5.10 Å². The zero-order valence-electron chi connectivity index (χ0n) is 19.1. The summed E-state index contributed by atoms with van der Waals surface area (Å²) in [7, 11) is -4.28. The van der Waals surface area contributed by atoms with Crippen LogP contribution in [0.25, 0.3) is 5.69 Å². The Morgan fingerprint density at radius 2 is 1.92 bits per heavy atom. The summed E-state index contributed by atoms with van der Waals surface area (Å²) < 4.78 is 69.6. The van der Waals surface area contributed by atoms with Crippen molar-refractivity contribution in [1.29, 1.82) is 5.26 Å². The van der Waals surface area contributed by atoms with Crippen LogP contribution >= 0.6 is 11.6 Å². The van der Waals surface area contributed by atoms with E-state index in [0.717, 1.165) is 0 Å². The van der Waals surface area contributed by atoms with Crippen LogP contribution in [0, 0.1) is 16.7 Å². The van der Waals surface area contributed by atoms with Gasteiger partial charge in [-0.05, 0) is 50.3 Å². The van der Waals surface area contributed by atoms with Gasteiger partial charge in [0.05, 0.1) is 39.3 Å². The first kappa shape index (κ1) is 25.5. The van der Waals surface area contributed by atoms with Gasteiger partial charge >= 0.3 is 6.18 Å². The number of nitrogens with zero attached hydrogens (tertiary/aromatic N) is 5. The zero-order chi connectivity index (χ0) is 26.8. The van der Waals surface area contributed by atoms with E-state index in [1.54, 1.807) is 0 Å². The van der Waals surface area contributed by atoms with Crippen LogP contribution in [0.5, 0.6) is 0 Å². The second-order valence-corrected chi connectivity index (χ2v) is 12.2. The summed E-state index contributed by atoms with van der Waals surface area (Å²) in [4.78, 5) is 26.6. The predicted octanol–water partition coefficient (Wildman–Crippen LogP) is 2.18. The summed E-state index contributed by atoms with van der Waals surface area (Å²) >= 11 is 6.28. The van der Waals surface area contributed by atoms with Crippen LogP contribution in [0.3, 0.4) is 0 Å². The van der Waals surface area contributed by atoms with Crippen molar-refractivity contribution in [3.05, 3.63) is 35.6 Å². The minimum absolute atomic E-state index is 0.158. The van der Waals surface area contributed by atoms with Crippen LogP contribution in [0.2, 0.25) is 5.02 Å². The van der Waals surface area contributed by atoms with E-state index in [0.29, 0.717) is 23.4 Å². The fourth-order valence-electron chi connectivity index (χ4n) is 4.61. The van der Waals surface area contributed by atoms with Crippen molar-refractivity contribution in [2.75, 3.05) is 6.54 Å². The van der Waals surface area contributed by atoms with Crippen LogP contribution < -0.4 is 5.32 Å². The molecule has 2 amide bonds. The van der Waals surface area contributed by atoms with Crippen LogP contribution in [0.4, 0.5) is 13.2 Å². The Morgan fingerprint density at radius 3 is 2.43 bits per heavy atom. The lowest BCUT2D eigenvalue weighted by Gasteiger charge is -2.29. The van der Waals surface area contributed by atoms with Gasteiger partial charge in [0, 0.05) is 6.54 Å².